The number of methoxy groups -OCH3 is 1. The molecule has 2 atom stereocenters. The van der Waals surface area contributed by atoms with Gasteiger partial charge in [0.1, 0.15) is 6.67 Å². The number of hydrazone groups is 1. The summed E-state index contributed by atoms with van der Waals surface area (Å²) in [6.45, 7) is 6.69. The van der Waals surface area contributed by atoms with Crippen molar-refractivity contribution in [2.75, 3.05) is 26.9 Å². The number of hydrogen-bond acceptors (Lipinski definition) is 7. The van der Waals surface area contributed by atoms with Crippen molar-refractivity contribution < 1.29 is 18.3 Å². The molecule has 0 radical (unpaired) electrons. The maximum Gasteiger partial charge on any atom is 0.240 e. The molecule has 0 bridgehead atoms. The SMILES string of the molecule is C/C=C\CC(/C=C(\C)CNCC(C)N)N\N=C(/C=C/C=N/N=C(\OC)c1cccc(Cl)c1)CF.FF. The monoisotopic (exact) mass is 528 g/mol. The Morgan fingerprint density at radius 1 is 1.31 bits per heavy atom. The number of ether oxygens (including phenoxy) is 1. The topological polar surface area (TPSA) is 96.4 Å². The van der Waals surface area contributed by atoms with Crippen LogP contribution in [0.5, 0.6) is 0 Å². The van der Waals surface area contributed by atoms with Crippen LogP contribution in [-0.2, 0) is 4.74 Å². The zero-order valence-electron chi connectivity index (χ0n) is 21.1. The van der Waals surface area contributed by atoms with Gasteiger partial charge in [-0.25, -0.2) is 4.39 Å². The average molecular weight is 529 g/mol. The summed E-state index contributed by atoms with van der Waals surface area (Å²) in [6.07, 6.45) is 11.3. The molecule has 2 unspecified atom stereocenters. The largest absolute Gasteiger partial charge is 0.479 e. The number of hydrogen-bond donors (Lipinski definition) is 3. The van der Waals surface area contributed by atoms with E-state index in [4.69, 9.17) is 31.2 Å². The third-order valence-corrected chi connectivity index (χ3v) is 4.58. The summed E-state index contributed by atoms with van der Waals surface area (Å²) in [5.74, 6) is 0.317. The average Bonchev–Trinajstić information content (AvgIpc) is 2.87. The van der Waals surface area contributed by atoms with Gasteiger partial charge in [0, 0.05) is 45.1 Å². The Labute approximate surface area is 216 Å². The number of nitrogens with two attached hydrogens (primary N) is 1. The van der Waals surface area contributed by atoms with Crippen LogP contribution in [0.25, 0.3) is 0 Å². The predicted octanol–water partition coefficient (Wildman–Crippen LogP) is 5.25. The molecule has 0 fully saturated rings. The quantitative estimate of drug-likeness (QED) is 0.133. The molecule has 0 aliphatic heterocycles. The Bertz CT molecular complexity index is 917. The highest BCUT2D eigenvalue weighted by Crippen LogP contribution is 2.12. The Kier molecular flexibility index (Phi) is 19.6. The first-order valence-corrected chi connectivity index (χ1v) is 11.6. The maximum atomic E-state index is 13.4. The summed E-state index contributed by atoms with van der Waals surface area (Å²) >= 11 is 5.99. The molecular formula is C25H36ClF3N6O. The molecule has 1 rings (SSSR count). The highest BCUT2D eigenvalue weighted by Gasteiger charge is 2.05. The van der Waals surface area contributed by atoms with Gasteiger partial charge in [-0.1, -0.05) is 41.5 Å². The van der Waals surface area contributed by atoms with Gasteiger partial charge in [-0.05, 0) is 57.5 Å². The van der Waals surface area contributed by atoms with Gasteiger partial charge in [-0.2, -0.15) is 10.2 Å². The van der Waals surface area contributed by atoms with Gasteiger partial charge in [-0.15, -0.1) is 5.10 Å². The molecule has 0 aromatic heterocycles. The van der Waals surface area contributed by atoms with Gasteiger partial charge in [-0.3, -0.25) is 0 Å². The van der Waals surface area contributed by atoms with Crippen LogP contribution in [0, 0.1) is 0 Å². The molecule has 11 heteroatoms. The minimum Gasteiger partial charge on any atom is -0.479 e. The minimum absolute atomic E-state index is 0.0662. The Morgan fingerprint density at radius 2 is 2.06 bits per heavy atom. The second-order valence-electron chi connectivity index (χ2n) is 7.64. The van der Waals surface area contributed by atoms with E-state index in [2.05, 4.69) is 32.1 Å². The van der Waals surface area contributed by atoms with Crippen LogP contribution in [0.2, 0.25) is 5.02 Å². The summed E-state index contributed by atoms with van der Waals surface area (Å²) in [4.78, 5) is 0. The summed E-state index contributed by atoms with van der Waals surface area (Å²) < 4.78 is 34.7. The van der Waals surface area contributed by atoms with Crippen LogP contribution in [0.15, 0.2) is 75.5 Å². The molecule has 36 heavy (non-hydrogen) atoms. The van der Waals surface area contributed by atoms with Crippen LogP contribution < -0.4 is 16.5 Å². The molecule has 0 saturated heterocycles. The van der Waals surface area contributed by atoms with Crippen LogP contribution in [0.1, 0.15) is 32.8 Å². The number of rotatable bonds is 14. The second kappa shape index (κ2) is 21.3. The van der Waals surface area contributed by atoms with Crippen molar-refractivity contribution in [2.24, 2.45) is 21.0 Å². The molecule has 0 aliphatic carbocycles. The Hall–Kier alpha value is -2.95. The standard InChI is InChI=1S/C25H36ClFN6O.F2/c1-5-6-11-23(14-19(2)17-29-18-20(3)28)31-32-24(16-27)12-8-13-30-33-25(34-4)21-9-7-10-22(26)15-21;1-2/h5-10,12-15,20,23,29,31H,11,16-18,28H2,1-4H3;/b6-5-,12-8+,19-14+,30-13+,32-24+,33-25-;. The number of nitrogens with one attached hydrogen (secondary N) is 2. The van der Waals surface area contributed by atoms with Crippen molar-refractivity contribution in [3.05, 3.63) is 70.8 Å². The lowest BCUT2D eigenvalue weighted by molar-refractivity contribution is 0.108. The summed E-state index contributed by atoms with van der Waals surface area (Å²) in [5, 5.41) is 16.1. The lowest BCUT2D eigenvalue weighted by atomic mass is 10.1. The van der Waals surface area contributed by atoms with Crippen molar-refractivity contribution in [2.45, 2.75) is 39.3 Å². The van der Waals surface area contributed by atoms with Crippen LogP contribution in [0.3, 0.4) is 0 Å². The van der Waals surface area contributed by atoms with Crippen molar-refractivity contribution in [3.63, 3.8) is 0 Å². The first-order valence-electron chi connectivity index (χ1n) is 11.2. The normalized spacial score (nSPS) is 14.8. The molecule has 1 aromatic rings. The van der Waals surface area contributed by atoms with Gasteiger partial charge in [0.2, 0.25) is 5.90 Å². The van der Waals surface area contributed by atoms with Crippen molar-refractivity contribution in [1.82, 2.24) is 10.7 Å². The molecule has 200 valence electrons. The first kappa shape index (κ1) is 33.1. The number of alkyl halides is 1. The molecular weight excluding hydrogens is 493 g/mol. The second-order valence-corrected chi connectivity index (χ2v) is 8.08. The molecule has 7 nitrogen and oxygen atoms in total. The number of halogens is 4. The third kappa shape index (κ3) is 15.9. The Morgan fingerprint density at radius 3 is 2.67 bits per heavy atom. The van der Waals surface area contributed by atoms with Crippen molar-refractivity contribution in [1.29, 1.82) is 0 Å². The minimum atomic E-state index is -0.721. The van der Waals surface area contributed by atoms with Crippen molar-refractivity contribution >= 4 is 29.4 Å². The zero-order valence-corrected chi connectivity index (χ0v) is 21.9. The molecule has 0 aliphatic rings. The number of nitrogens with zero attached hydrogens (tertiary/aromatic N) is 3. The molecule has 1 aromatic carbocycles. The summed E-state index contributed by atoms with van der Waals surface area (Å²) in [6, 6.07) is 7.13. The molecule has 0 saturated carbocycles. The van der Waals surface area contributed by atoms with E-state index in [1.807, 2.05) is 39.0 Å². The van der Waals surface area contributed by atoms with E-state index in [1.54, 1.807) is 24.3 Å². The molecule has 0 heterocycles. The Balaban J connectivity index is 0.00000596. The number of allylic oxidation sites excluding steroid dienone is 3. The molecule has 0 amide bonds. The van der Waals surface area contributed by atoms with Gasteiger partial charge in [0.15, 0.2) is 0 Å². The van der Waals surface area contributed by atoms with E-state index in [-0.39, 0.29) is 17.8 Å². The summed E-state index contributed by atoms with van der Waals surface area (Å²) in [7, 11) is 1.50. The fourth-order valence-corrected chi connectivity index (χ4v) is 2.92. The zero-order chi connectivity index (χ0) is 27.2. The van der Waals surface area contributed by atoms with Crippen LogP contribution in [0.4, 0.5) is 13.5 Å². The van der Waals surface area contributed by atoms with Gasteiger partial charge < -0.3 is 21.2 Å². The van der Waals surface area contributed by atoms with Gasteiger partial charge >= 0.3 is 0 Å². The third-order valence-electron chi connectivity index (χ3n) is 4.35. The molecule has 0 spiro atoms. The smallest absolute Gasteiger partial charge is 0.240 e. The highest BCUT2D eigenvalue weighted by molar-refractivity contribution is 6.30. The lowest BCUT2D eigenvalue weighted by Crippen LogP contribution is -2.32. The van der Waals surface area contributed by atoms with E-state index < -0.39 is 6.67 Å². The van der Waals surface area contributed by atoms with E-state index in [0.29, 0.717) is 16.5 Å². The molecule has 4 N–H and O–H groups in total. The number of benzene rings is 1. The van der Waals surface area contributed by atoms with Gasteiger partial charge in [0.05, 0.1) is 18.9 Å². The van der Waals surface area contributed by atoms with Gasteiger partial charge in [0.25, 0.3) is 0 Å². The summed E-state index contributed by atoms with van der Waals surface area (Å²) in [5.41, 5.74) is 10.9. The highest BCUT2D eigenvalue weighted by atomic mass is 35.5. The fourth-order valence-electron chi connectivity index (χ4n) is 2.73. The van der Waals surface area contributed by atoms with Crippen molar-refractivity contribution in [3.8, 4) is 0 Å². The first-order chi connectivity index (χ1) is 17.4. The predicted molar refractivity (Wildman–Crippen MR) is 145 cm³/mol. The fraction of sp³-hybridized carbons (Fsp3) is 0.400. The van der Waals surface area contributed by atoms with E-state index in [9.17, 15) is 4.39 Å². The van der Waals surface area contributed by atoms with Crippen LogP contribution in [-0.4, -0.2) is 56.8 Å². The van der Waals surface area contributed by atoms with E-state index in [0.717, 1.165) is 25.1 Å². The van der Waals surface area contributed by atoms with E-state index >= 15 is 0 Å². The van der Waals surface area contributed by atoms with Crippen LogP contribution >= 0.6 is 11.6 Å². The lowest BCUT2D eigenvalue weighted by Gasteiger charge is -2.14. The maximum absolute atomic E-state index is 13.4. The van der Waals surface area contributed by atoms with E-state index in [1.165, 1.54) is 19.4 Å².